The van der Waals surface area contributed by atoms with Gasteiger partial charge >= 0.3 is 0 Å². The maximum absolute atomic E-state index is 11.8. The Morgan fingerprint density at radius 1 is 1.47 bits per heavy atom. The first-order valence-electron chi connectivity index (χ1n) is 6.18. The second-order valence-electron chi connectivity index (χ2n) is 4.81. The Morgan fingerprint density at radius 3 is 2.94 bits per heavy atom. The van der Waals surface area contributed by atoms with Crippen LogP contribution in [0, 0.1) is 12.8 Å². The molecule has 1 saturated carbocycles. The van der Waals surface area contributed by atoms with E-state index in [9.17, 15) is 9.90 Å². The van der Waals surface area contributed by atoms with Gasteiger partial charge in [-0.25, -0.2) is 0 Å². The summed E-state index contributed by atoms with van der Waals surface area (Å²) in [6.07, 6.45) is 2.06. The summed E-state index contributed by atoms with van der Waals surface area (Å²) in [7, 11) is 0. The molecule has 2 rings (SSSR count). The molecule has 3 heteroatoms. The fraction of sp³-hybridized carbons (Fsp3) is 0.500. The van der Waals surface area contributed by atoms with Crippen molar-refractivity contribution in [3.05, 3.63) is 35.4 Å². The van der Waals surface area contributed by atoms with Crippen LogP contribution in [0.4, 0.5) is 0 Å². The highest BCUT2D eigenvalue weighted by molar-refractivity contribution is 5.79. The van der Waals surface area contributed by atoms with Gasteiger partial charge in [-0.05, 0) is 31.7 Å². The number of aryl methyl sites for hydroxylation is 1. The molecule has 1 fully saturated rings. The zero-order chi connectivity index (χ0) is 12.3. The molecule has 17 heavy (non-hydrogen) atoms. The van der Waals surface area contributed by atoms with Crippen LogP contribution in [-0.4, -0.2) is 17.1 Å². The van der Waals surface area contributed by atoms with Gasteiger partial charge in [-0.3, -0.25) is 4.79 Å². The number of rotatable bonds is 3. The highest BCUT2D eigenvalue weighted by Gasteiger charge is 2.30. The standard InChI is InChI=1S/C14H19NO2/c1-10-4-2-5-11(8-10)9-15-14(17)12-6-3-7-13(12)16/h2,4-5,8,12-13,16H,3,6-7,9H2,1H3,(H,15,17). The van der Waals surface area contributed by atoms with Crippen molar-refractivity contribution < 1.29 is 9.90 Å². The van der Waals surface area contributed by atoms with Gasteiger partial charge in [0.25, 0.3) is 0 Å². The predicted octanol–water partition coefficient (Wildman–Crippen LogP) is 1.77. The van der Waals surface area contributed by atoms with Gasteiger partial charge in [0.1, 0.15) is 0 Å². The molecule has 0 aliphatic heterocycles. The normalized spacial score (nSPS) is 23.6. The molecule has 1 aliphatic rings. The Morgan fingerprint density at radius 2 is 2.29 bits per heavy atom. The number of benzene rings is 1. The highest BCUT2D eigenvalue weighted by atomic mass is 16.3. The van der Waals surface area contributed by atoms with Crippen LogP contribution in [0.3, 0.4) is 0 Å². The molecule has 2 atom stereocenters. The Hall–Kier alpha value is -1.35. The first-order chi connectivity index (χ1) is 8.16. The number of nitrogens with one attached hydrogen (secondary N) is 1. The lowest BCUT2D eigenvalue weighted by molar-refractivity contribution is -0.127. The van der Waals surface area contributed by atoms with E-state index in [0.29, 0.717) is 6.54 Å². The number of amides is 1. The van der Waals surface area contributed by atoms with Crippen LogP contribution in [0.1, 0.15) is 30.4 Å². The molecular formula is C14H19NO2. The number of aliphatic hydroxyl groups is 1. The summed E-state index contributed by atoms with van der Waals surface area (Å²) in [4.78, 5) is 11.8. The minimum atomic E-state index is -0.451. The first-order valence-corrected chi connectivity index (χ1v) is 6.18. The first kappa shape index (κ1) is 12.1. The number of hydrogen-bond acceptors (Lipinski definition) is 2. The minimum absolute atomic E-state index is 0.0171. The van der Waals surface area contributed by atoms with Crippen LogP contribution in [0.15, 0.2) is 24.3 Å². The van der Waals surface area contributed by atoms with Crippen LogP contribution in [0.25, 0.3) is 0 Å². The molecular weight excluding hydrogens is 214 g/mol. The molecule has 1 aromatic carbocycles. The van der Waals surface area contributed by atoms with Crippen molar-refractivity contribution in [1.82, 2.24) is 5.32 Å². The molecule has 0 bridgehead atoms. The van der Waals surface area contributed by atoms with Crippen molar-refractivity contribution in [2.75, 3.05) is 0 Å². The van der Waals surface area contributed by atoms with Crippen LogP contribution in [0.5, 0.6) is 0 Å². The van der Waals surface area contributed by atoms with Gasteiger partial charge in [0.15, 0.2) is 0 Å². The lowest BCUT2D eigenvalue weighted by atomic mass is 10.1. The van der Waals surface area contributed by atoms with Crippen LogP contribution in [-0.2, 0) is 11.3 Å². The number of carbonyl (C=O) groups is 1. The topological polar surface area (TPSA) is 49.3 Å². The molecule has 2 N–H and O–H groups in total. The largest absolute Gasteiger partial charge is 0.392 e. The zero-order valence-electron chi connectivity index (χ0n) is 10.1. The average molecular weight is 233 g/mol. The monoisotopic (exact) mass is 233 g/mol. The van der Waals surface area contributed by atoms with Gasteiger partial charge in [-0.15, -0.1) is 0 Å². The quantitative estimate of drug-likeness (QED) is 0.836. The van der Waals surface area contributed by atoms with Gasteiger partial charge in [-0.1, -0.05) is 29.8 Å². The SMILES string of the molecule is Cc1cccc(CNC(=O)C2CCCC2O)c1. The summed E-state index contributed by atoms with van der Waals surface area (Å²) in [6.45, 7) is 2.58. The van der Waals surface area contributed by atoms with E-state index < -0.39 is 6.10 Å². The van der Waals surface area contributed by atoms with E-state index in [4.69, 9.17) is 0 Å². The Balaban J connectivity index is 1.88. The second-order valence-corrected chi connectivity index (χ2v) is 4.81. The van der Waals surface area contributed by atoms with Gasteiger partial charge in [-0.2, -0.15) is 0 Å². The van der Waals surface area contributed by atoms with E-state index in [1.807, 2.05) is 25.1 Å². The smallest absolute Gasteiger partial charge is 0.225 e. The number of carbonyl (C=O) groups excluding carboxylic acids is 1. The third-order valence-electron chi connectivity index (χ3n) is 3.37. The van der Waals surface area contributed by atoms with E-state index in [0.717, 1.165) is 24.8 Å². The van der Waals surface area contributed by atoms with Crippen molar-refractivity contribution in [1.29, 1.82) is 0 Å². The molecule has 1 aromatic rings. The molecule has 0 saturated heterocycles. The fourth-order valence-corrected chi connectivity index (χ4v) is 2.39. The van der Waals surface area contributed by atoms with E-state index in [-0.39, 0.29) is 11.8 Å². The molecule has 0 radical (unpaired) electrons. The van der Waals surface area contributed by atoms with Crippen molar-refractivity contribution in [3.8, 4) is 0 Å². The summed E-state index contributed by atoms with van der Waals surface area (Å²) in [5, 5.41) is 12.5. The maximum Gasteiger partial charge on any atom is 0.225 e. The predicted molar refractivity (Wildman–Crippen MR) is 66.4 cm³/mol. The fourth-order valence-electron chi connectivity index (χ4n) is 2.39. The van der Waals surface area contributed by atoms with Crippen molar-refractivity contribution >= 4 is 5.91 Å². The second kappa shape index (κ2) is 5.32. The summed E-state index contributed by atoms with van der Waals surface area (Å²) in [5.41, 5.74) is 2.29. The molecule has 3 nitrogen and oxygen atoms in total. The molecule has 2 unspecified atom stereocenters. The third kappa shape index (κ3) is 3.07. The van der Waals surface area contributed by atoms with Crippen molar-refractivity contribution in [2.24, 2.45) is 5.92 Å². The van der Waals surface area contributed by atoms with Gasteiger partial charge in [0.05, 0.1) is 12.0 Å². The van der Waals surface area contributed by atoms with Crippen molar-refractivity contribution in [3.63, 3.8) is 0 Å². The van der Waals surface area contributed by atoms with Crippen molar-refractivity contribution in [2.45, 2.75) is 38.8 Å². The van der Waals surface area contributed by atoms with Crippen LogP contribution >= 0.6 is 0 Å². The van der Waals surface area contributed by atoms with Gasteiger partial charge in [0, 0.05) is 6.54 Å². The molecule has 1 aliphatic carbocycles. The van der Waals surface area contributed by atoms with E-state index >= 15 is 0 Å². The lowest BCUT2D eigenvalue weighted by Crippen LogP contribution is -2.34. The molecule has 1 amide bonds. The van der Waals surface area contributed by atoms with Gasteiger partial charge in [0.2, 0.25) is 5.91 Å². The van der Waals surface area contributed by atoms with Crippen LogP contribution in [0.2, 0.25) is 0 Å². The number of aliphatic hydroxyl groups excluding tert-OH is 1. The lowest BCUT2D eigenvalue weighted by Gasteiger charge is -2.14. The maximum atomic E-state index is 11.8. The Labute approximate surface area is 102 Å². The summed E-state index contributed by atoms with van der Waals surface area (Å²) in [5.74, 6) is -0.226. The summed E-state index contributed by atoms with van der Waals surface area (Å²) >= 11 is 0. The van der Waals surface area contributed by atoms with Crippen LogP contribution < -0.4 is 5.32 Å². The zero-order valence-corrected chi connectivity index (χ0v) is 10.1. The molecule has 92 valence electrons. The van der Waals surface area contributed by atoms with E-state index in [1.165, 1.54) is 5.56 Å². The highest BCUT2D eigenvalue weighted by Crippen LogP contribution is 2.25. The third-order valence-corrected chi connectivity index (χ3v) is 3.37. The molecule has 0 spiro atoms. The van der Waals surface area contributed by atoms with E-state index in [2.05, 4.69) is 11.4 Å². The average Bonchev–Trinajstić information content (AvgIpc) is 2.72. The minimum Gasteiger partial charge on any atom is -0.392 e. The molecule has 0 aromatic heterocycles. The number of hydrogen-bond donors (Lipinski definition) is 2. The Bertz CT molecular complexity index is 403. The summed E-state index contributed by atoms with van der Waals surface area (Å²) < 4.78 is 0. The van der Waals surface area contributed by atoms with Gasteiger partial charge < -0.3 is 10.4 Å². The Kier molecular flexibility index (Phi) is 3.79. The summed E-state index contributed by atoms with van der Waals surface area (Å²) in [6, 6.07) is 8.08. The van der Waals surface area contributed by atoms with E-state index in [1.54, 1.807) is 0 Å². The molecule has 0 heterocycles.